The van der Waals surface area contributed by atoms with Gasteiger partial charge in [-0.25, -0.2) is 0 Å². The molecule has 5 heteroatoms. The van der Waals surface area contributed by atoms with Crippen molar-refractivity contribution in [1.82, 2.24) is 10.6 Å². The lowest BCUT2D eigenvalue weighted by Crippen LogP contribution is -2.46. The first-order valence-electron chi connectivity index (χ1n) is 8.25. The highest BCUT2D eigenvalue weighted by atomic mass is 16.5. The number of ether oxygens (including phenoxy) is 1. The third-order valence-electron chi connectivity index (χ3n) is 5.17. The van der Waals surface area contributed by atoms with E-state index in [1.807, 2.05) is 7.05 Å². The van der Waals surface area contributed by atoms with Crippen LogP contribution in [0.5, 0.6) is 0 Å². The van der Waals surface area contributed by atoms with Crippen molar-refractivity contribution in [2.24, 2.45) is 15.8 Å². The molecule has 122 valence electrons. The summed E-state index contributed by atoms with van der Waals surface area (Å²) in [6, 6.07) is 0. The van der Waals surface area contributed by atoms with Gasteiger partial charge in [-0.2, -0.15) is 0 Å². The van der Waals surface area contributed by atoms with E-state index in [0.29, 0.717) is 5.41 Å². The van der Waals surface area contributed by atoms with E-state index in [-0.39, 0.29) is 12.0 Å². The van der Waals surface area contributed by atoms with Crippen LogP contribution in [0, 0.1) is 10.8 Å². The van der Waals surface area contributed by atoms with Gasteiger partial charge >= 0.3 is 0 Å². The summed E-state index contributed by atoms with van der Waals surface area (Å²) in [7, 11) is 1.82. The summed E-state index contributed by atoms with van der Waals surface area (Å²) in [6.45, 7) is 5.90. The maximum Gasteiger partial charge on any atom is 0.191 e. The molecule has 0 amide bonds. The molecule has 1 heterocycles. The summed E-state index contributed by atoms with van der Waals surface area (Å²) in [4.78, 5) is 4.32. The van der Waals surface area contributed by atoms with Gasteiger partial charge in [0.2, 0.25) is 0 Å². The second-order valence-electron chi connectivity index (χ2n) is 7.07. The number of aliphatic hydroxyl groups is 1. The Morgan fingerprint density at radius 2 is 1.90 bits per heavy atom. The Morgan fingerprint density at radius 1 is 1.19 bits per heavy atom. The largest absolute Gasteiger partial charge is 0.396 e. The number of aliphatic hydroxyl groups excluding tert-OH is 1. The summed E-state index contributed by atoms with van der Waals surface area (Å²) in [6.07, 6.45) is 7.10. The summed E-state index contributed by atoms with van der Waals surface area (Å²) in [5, 5.41) is 16.2. The van der Waals surface area contributed by atoms with E-state index in [0.717, 1.165) is 45.1 Å². The van der Waals surface area contributed by atoms with E-state index >= 15 is 0 Å². The van der Waals surface area contributed by atoms with Crippen LogP contribution in [0.25, 0.3) is 0 Å². The van der Waals surface area contributed by atoms with Crippen molar-refractivity contribution in [3.63, 3.8) is 0 Å². The topological polar surface area (TPSA) is 65.9 Å². The van der Waals surface area contributed by atoms with Crippen LogP contribution in [-0.2, 0) is 4.74 Å². The first-order valence-corrected chi connectivity index (χ1v) is 8.25. The molecule has 0 aromatic carbocycles. The van der Waals surface area contributed by atoms with Crippen LogP contribution >= 0.6 is 0 Å². The van der Waals surface area contributed by atoms with Crippen molar-refractivity contribution in [3.05, 3.63) is 0 Å². The molecule has 21 heavy (non-hydrogen) atoms. The predicted molar refractivity (Wildman–Crippen MR) is 85.5 cm³/mol. The second kappa shape index (κ2) is 7.45. The zero-order valence-electron chi connectivity index (χ0n) is 13.6. The maximum atomic E-state index is 9.27. The molecule has 0 spiro atoms. The fourth-order valence-corrected chi connectivity index (χ4v) is 3.51. The Bertz CT molecular complexity index is 345. The predicted octanol–water partition coefficient (Wildman–Crippen LogP) is 1.52. The molecule has 0 aromatic rings. The minimum absolute atomic E-state index is 0.0592. The number of hydrogen-bond acceptors (Lipinski definition) is 3. The fraction of sp³-hybridized carbons (Fsp3) is 0.938. The molecule has 1 aliphatic heterocycles. The zero-order valence-corrected chi connectivity index (χ0v) is 13.6. The number of hydrogen-bond donors (Lipinski definition) is 3. The van der Waals surface area contributed by atoms with Gasteiger partial charge in [-0.15, -0.1) is 0 Å². The molecule has 0 aromatic heterocycles. The molecular formula is C16H31N3O2. The molecule has 2 aliphatic rings. The van der Waals surface area contributed by atoms with Crippen LogP contribution in [0.2, 0.25) is 0 Å². The Hall–Kier alpha value is -0.810. The minimum Gasteiger partial charge on any atom is -0.396 e. The smallest absolute Gasteiger partial charge is 0.191 e. The van der Waals surface area contributed by atoms with Gasteiger partial charge in [-0.3, -0.25) is 4.99 Å². The number of aliphatic imine (C=N–C) groups is 1. The molecule has 1 saturated heterocycles. The average molecular weight is 297 g/mol. The van der Waals surface area contributed by atoms with Gasteiger partial charge in [0.25, 0.3) is 0 Å². The lowest BCUT2D eigenvalue weighted by atomic mass is 9.84. The van der Waals surface area contributed by atoms with Crippen LogP contribution in [0.1, 0.15) is 45.4 Å². The van der Waals surface area contributed by atoms with Crippen molar-refractivity contribution < 1.29 is 9.84 Å². The van der Waals surface area contributed by atoms with E-state index < -0.39 is 0 Å². The van der Waals surface area contributed by atoms with Gasteiger partial charge in [0.15, 0.2) is 5.96 Å². The lowest BCUT2D eigenvalue weighted by molar-refractivity contribution is 0.127. The van der Waals surface area contributed by atoms with Gasteiger partial charge in [0.1, 0.15) is 0 Å². The normalized spacial score (nSPS) is 28.8. The van der Waals surface area contributed by atoms with E-state index in [4.69, 9.17) is 4.74 Å². The van der Waals surface area contributed by atoms with Crippen LogP contribution in [0.15, 0.2) is 4.99 Å². The van der Waals surface area contributed by atoms with E-state index in [1.165, 1.54) is 25.7 Å². The third kappa shape index (κ3) is 4.58. The fourth-order valence-electron chi connectivity index (χ4n) is 3.51. The van der Waals surface area contributed by atoms with Gasteiger partial charge < -0.3 is 20.5 Å². The molecule has 1 aliphatic carbocycles. The molecule has 3 N–H and O–H groups in total. The number of guanidine groups is 1. The molecule has 1 atom stereocenters. The Labute approximate surface area is 128 Å². The van der Waals surface area contributed by atoms with Crippen LogP contribution < -0.4 is 10.6 Å². The summed E-state index contributed by atoms with van der Waals surface area (Å²) >= 11 is 0. The molecule has 1 unspecified atom stereocenters. The molecule has 2 rings (SSSR count). The van der Waals surface area contributed by atoms with E-state index in [9.17, 15) is 5.11 Å². The molecular weight excluding hydrogens is 266 g/mol. The van der Waals surface area contributed by atoms with Crippen LogP contribution in [0.3, 0.4) is 0 Å². The quantitative estimate of drug-likeness (QED) is 0.514. The van der Waals surface area contributed by atoms with Gasteiger partial charge in [0, 0.05) is 38.8 Å². The zero-order chi connectivity index (χ0) is 15.2. The molecule has 0 bridgehead atoms. The third-order valence-corrected chi connectivity index (χ3v) is 5.17. The Kier molecular flexibility index (Phi) is 5.88. The summed E-state index contributed by atoms with van der Waals surface area (Å²) in [5.74, 6) is 0.868. The lowest BCUT2D eigenvalue weighted by Gasteiger charge is -2.29. The van der Waals surface area contributed by atoms with Gasteiger partial charge in [-0.1, -0.05) is 19.8 Å². The highest BCUT2D eigenvalue weighted by Crippen LogP contribution is 2.36. The molecule has 0 radical (unpaired) electrons. The molecule has 2 fully saturated rings. The van der Waals surface area contributed by atoms with Gasteiger partial charge in [0.05, 0.1) is 6.61 Å². The highest BCUT2D eigenvalue weighted by Gasteiger charge is 2.34. The summed E-state index contributed by atoms with van der Waals surface area (Å²) in [5.41, 5.74) is 0.473. The number of nitrogens with zero attached hydrogens (tertiary/aromatic N) is 1. The van der Waals surface area contributed by atoms with Crippen molar-refractivity contribution in [1.29, 1.82) is 0 Å². The Morgan fingerprint density at radius 3 is 2.48 bits per heavy atom. The first-order chi connectivity index (χ1) is 10.1. The van der Waals surface area contributed by atoms with Crippen molar-refractivity contribution in [2.75, 3.05) is 40.0 Å². The molecule has 5 nitrogen and oxygen atoms in total. The SMILES string of the molecule is CN=C(NCC1(C)CCCC1)NCC1(CCO)CCOC1. The second-order valence-corrected chi connectivity index (χ2v) is 7.07. The Balaban J connectivity index is 1.79. The monoisotopic (exact) mass is 297 g/mol. The van der Waals surface area contributed by atoms with Crippen molar-refractivity contribution in [2.45, 2.75) is 45.4 Å². The molecule has 1 saturated carbocycles. The van der Waals surface area contributed by atoms with Gasteiger partial charge in [-0.05, 0) is 31.1 Å². The minimum atomic E-state index is 0.0592. The van der Waals surface area contributed by atoms with Crippen LogP contribution in [0.4, 0.5) is 0 Å². The van der Waals surface area contributed by atoms with E-state index in [1.54, 1.807) is 0 Å². The number of nitrogens with one attached hydrogen (secondary N) is 2. The number of rotatable bonds is 6. The van der Waals surface area contributed by atoms with Crippen molar-refractivity contribution >= 4 is 5.96 Å². The maximum absolute atomic E-state index is 9.27. The highest BCUT2D eigenvalue weighted by molar-refractivity contribution is 5.79. The first kappa shape index (κ1) is 16.6. The van der Waals surface area contributed by atoms with E-state index in [2.05, 4.69) is 22.5 Å². The van der Waals surface area contributed by atoms with Crippen molar-refractivity contribution in [3.8, 4) is 0 Å². The standard InChI is InChI=1S/C16H31N3O2/c1-15(5-3-4-6-15)11-18-14(17-2)19-12-16(7-9-20)8-10-21-13-16/h20H,3-13H2,1-2H3,(H2,17,18,19). The van der Waals surface area contributed by atoms with Crippen LogP contribution in [-0.4, -0.2) is 51.0 Å². The summed E-state index contributed by atoms with van der Waals surface area (Å²) < 4.78 is 5.52. The average Bonchev–Trinajstić information content (AvgIpc) is 3.10.